The van der Waals surface area contributed by atoms with Gasteiger partial charge in [0.25, 0.3) is 0 Å². The Hall–Kier alpha value is -2.09. The van der Waals surface area contributed by atoms with Crippen LogP contribution < -0.4 is 14.8 Å². The lowest BCUT2D eigenvalue weighted by molar-refractivity contribution is 0.0645. The summed E-state index contributed by atoms with van der Waals surface area (Å²) in [7, 11) is 3.56. The second kappa shape index (κ2) is 11.9. The van der Waals surface area contributed by atoms with Crippen LogP contribution in [0.2, 0.25) is 0 Å². The molecule has 1 aliphatic rings. The molecule has 0 radical (unpaired) electrons. The van der Waals surface area contributed by atoms with Crippen molar-refractivity contribution >= 4 is 0 Å². The van der Waals surface area contributed by atoms with Crippen molar-refractivity contribution in [2.75, 3.05) is 33.4 Å². The van der Waals surface area contributed by atoms with Gasteiger partial charge in [-0.1, -0.05) is 25.3 Å². The average Bonchev–Trinajstić information content (AvgIpc) is 3.13. The van der Waals surface area contributed by atoms with E-state index in [1.54, 1.807) is 11.8 Å². The number of rotatable bonds is 10. The van der Waals surface area contributed by atoms with Gasteiger partial charge in [0.15, 0.2) is 11.5 Å². The Morgan fingerprint density at radius 1 is 1.07 bits per heavy atom. The van der Waals surface area contributed by atoms with Crippen LogP contribution in [0.1, 0.15) is 43.2 Å². The Morgan fingerprint density at radius 2 is 1.80 bits per heavy atom. The van der Waals surface area contributed by atoms with Crippen molar-refractivity contribution in [2.45, 2.75) is 51.3 Å². The molecule has 0 aliphatic carbocycles. The normalized spacial score (nSPS) is 16.6. The molecule has 0 saturated carbocycles. The molecule has 1 atom stereocenters. The lowest BCUT2D eigenvalue weighted by Gasteiger charge is -2.26. The number of aromatic nitrogens is 2. The number of aliphatic hydroxyl groups excluding tert-OH is 1. The summed E-state index contributed by atoms with van der Waals surface area (Å²) in [4.78, 5) is 2.36. The first-order valence-electron chi connectivity index (χ1n) is 11.0. The second-order valence-electron chi connectivity index (χ2n) is 8.14. The van der Waals surface area contributed by atoms with E-state index in [9.17, 15) is 5.11 Å². The molecule has 0 unspecified atom stereocenters. The van der Waals surface area contributed by atoms with E-state index in [0.717, 1.165) is 37.3 Å². The van der Waals surface area contributed by atoms with Gasteiger partial charge >= 0.3 is 0 Å². The topological polar surface area (TPSA) is 71.8 Å². The van der Waals surface area contributed by atoms with E-state index in [4.69, 9.17) is 9.47 Å². The molecule has 3 rings (SSSR count). The van der Waals surface area contributed by atoms with Gasteiger partial charge < -0.3 is 24.8 Å². The highest BCUT2D eigenvalue weighted by Gasteiger charge is 2.15. The average molecular weight is 417 g/mol. The van der Waals surface area contributed by atoms with Gasteiger partial charge in [-0.3, -0.25) is 4.68 Å². The Kier molecular flexibility index (Phi) is 8.99. The summed E-state index contributed by atoms with van der Waals surface area (Å²) in [6.07, 6.45) is 9.73. The molecule has 7 nitrogen and oxygen atoms in total. The van der Waals surface area contributed by atoms with Gasteiger partial charge in [0, 0.05) is 38.4 Å². The van der Waals surface area contributed by atoms with E-state index in [1.165, 1.54) is 32.1 Å². The van der Waals surface area contributed by atoms with Gasteiger partial charge in [-0.2, -0.15) is 5.10 Å². The lowest BCUT2D eigenvalue weighted by atomic mass is 10.1. The smallest absolute Gasteiger partial charge is 0.161 e. The molecule has 1 aliphatic heterocycles. The van der Waals surface area contributed by atoms with E-state index >= 15 is 0 Å². The number of methoxy groups -OCH3 is 1. The molecule has 1 aromatic heterocycles. The van der Waals surface area contributed by atoms with Crippen LogP contribution in [0.4, 0.5) is 0 Å². The monoisotopic (exact) mass is 416 g/mol. The number of aryl methyl sites for hydroxylation is 1. The maximum Gasteiger partial charge on any atom is 0.161 e. The number of benzene rings is 1. The zero-order chi connectivity index (χ0) is 21.2. The minimum absolute atomic E-state index is 0.269. The number of aliphatic hydroxyl groups is 1. The quantitative estimate of drug-likeness (QED) is 0.621. The highest BCUT2D eigenvalue weighted by Crippen LogP contribution is 2.28. The molecule has 2 aromatic rings. The van der Waals surface area contributed by atoms with Crippen LogP contribution in [0.25, 0.3) is 0 Å². The maximum absolute atomic E-state index is 10.4. The molecule has 2 heterocycles. The fourth-order valence-corrected chi connectivity index (χ4v) is 3.89. The fraction of sp³-hybridized carbons (Fsp3) is 0.609. The van der Waals surface area contributed by atoms with Crippen LogP contribution in [0, 0.1) is 0 Å². The molecule has 7 heteroatoms. The minimum Gasteiger partial charge on any atom is -0.493 e. The molecule has 1 aromatic carbocycles. The number of hydrogen-bond donors (Lipinski definition) is 2. The van der Waals surface area contributed by atoms with Gasteiger partial charge in [0.1, 0.15) is 12.7 Å². The number of likely N-dealkylation sites (tertiary alicyclic amines) is 1. The molecule has 1 saturated heterocycles. The largest absolute Gasteiger partial charge is 0.493 e. The molecule has 0 amide bonds. The SMILES string of the molecule is COc1cc(CNCc2cnn(C)c2)ccc1OC[C@H](O)CN1CCCCCCC1. The molecule has 0 spiro atoms. The molecule has 166 valence electrons. The summed E-state index contributed by atoms with van der Waals surface area (Å²) in [6, 6.07) is 5.93. The predicted octanol–water partition coefficient (Wildman–Crippen LogP) is 2.72. The van der Waals surface area contributed by atoms with Gasteiger partial charge in [-0.05, 0) is 43.6 Å². The van der Waals surface area contributed by atoms with E-state index < -0.39 is 6.10 Å². The van der Waals surface area contributed by atoms with E-state index in [2.05, 4.69) is 15.3 Å². The first-order chi connectivity index (χ1) is 14.6. The highest BCUT2D eigenvalue weighted by molar-refractivity contribution is 5.43. The third-order valence-electron chi connectivity index (χ3n) is 5.49. The van der Waals surface area contributed by atoms with Crippen LogP contribution in [0.3, 0.4) is 0 Å². The zero-order valence-corrected chi connectivity index (χ0v) is 18.3. The highest BCUT2D eigenvalue weighted by atomic mass is 16.5. The van der Waals surface area contributed by atoms with Crippen LogP contribution >= 0.6 is 0 Å². The Morgan fingerprint density at radius 3 is 2.50 bits per heavy atom. The van der Waals surface area contributed by atoms with Crippen LogP contribution in [0.15, 0.2) is 30.6 Å². The standard InChI is InChI=1S/C23H36N4O3/c1-26-16-20(15-25-26)14-24-13-19-8-9-22(23(12-19)29-2)30-18-21(28)17-27-10-6-4-3-5-7-11-27/h8-9,12,15-16,21,24,28H,3-7,10-11,13-14,17-18H2,1-2H3/t21-/m1/s1. The van der Waals surface area contributed by atoms with Crippen molar-refractivity contribution in [3.05, 3.63) is 41.7 Å². The summed E-state index contributed by atoms with van der Waals surface area (Å²) in [6.45, 7) is 4.56. The van der Waals surface area contributed by atoms with Gasteiger partial charge in [-0.15, -0.1) is 0 Å². The summed E-state index contributed by atoms with van der Waals surface area (Å²) in [5, 5.41) is 18.0. The molecule has 0 bridgehead atoms. The van der Waals surface area contributed by atoms with Crippen LogP contribution in [0.5, 0.6) is 11.5 Å². The van der Waals surface area contributed by atoms with Crippen molar-refractivity contribution in [3.8, 4) is 11.5 Å². The number of β-amino-alcohol motifs (C(OH)–C–C–N with tert-alkyl or cyclic N) is 1. The summed E-state index contributed by atoms with van der Waals surface area (Å²) in [5.41, 5.74) is 2.27. The molecule has 30 heavy (non-hydrogen) atoms. The number of hydrogen-bond acceptors (Lipinski definition) is 6. The van der Waals surface area contributed by atoms with Gasteiger partial charge in [0.05, 0.1) is 13.3 Å². The van der Waals surface area contributed by atoms with Gasteiger partial charge in [0.2, 0.25) is 0 Å². The van der Waals surface area contributed by atoms with Crippen molar-refractivity contribution in [1.82, 2.24) is 20.0 Å². The van der Waals surface area contributed by atoms with E-state index in [0.29, 0.717) is 18.0 Å². The molecule has 1 fully saturated rings. The van der Waals surface area contributed by atoms with Crippen molar-refractivity contribution < 1.29 is 14.6 Å². The first kappa shape index (κ1) is 22.6. The van der Waals surface area contributed by atoms with Crippen molar-refractivity contribution in [1.29, 1.82) is 0 Å². The Labute approximate surface area is 180 Å². The first-order valence-corrected chi connectivity index (χ1v) is 11.0. The third kappa shape index (κ3) is 7.31. The third-order valence-corrected chi connectivity index (χ3v) is 5.49. The maximum atomic E-state index is 10.4. The number of nitrogens with zero attached hydrogens (tertiary/aromatic N) is 3. The summed E-state index contributed by atoms with van der Waals surface area (Å²) < 4.78 is 13.2. The second-order valence-corrected chi connectivity index (χ2v) is 8.14. The minimum atomic E-state index is -0.505. The Bertz CT molecular complexity index is 757. The summed E-state index contributed by atoms with van der Waals surface area (Å²) >= 11 is 0. The van der Waals surface area contributed by atoms with Gasteiger partial charge in [-0.25, -0.2) is 0 Å². The molecular weight excluding hydrogens is 380 g/mol. The molecular formula is C23H36N4O3. The van der Waals surface area contributed by atoms with E-state index in [-0.39, 0.29) is 6.61 Å². The van der Waals surface area contributed by atoms with Crippen LogP contribution in [-0.2, 0) is 20.1 Å². The lowest BCUT2D eigenvalue weighted by Crippen LogP contribution is -2.37. The number of ether oxygens (including phenoxy) is 2. The summed E-state index contributed by atoms with van der Waals surface area (Å²) in [5.74, 6) is 1.36. The van der Waals surface area contributed by atoms with Crippen molar-refractivity contribution in [2.24, 2.45) is 7.05 Å². The van der Waals surface area contributed by atoms with E-state index in [1.807, 2.05) is 37.6 Å². The van der Waals surface area contributed by atoms with Crippen molar-refractivity contribution in [3.63, 3.8) is 0 Å². The predicted molar refractivity (Wildman–Crippen MR) is 118 cm³/mol. The molecule has 2 N–H and O–H groups in total. The Balaban J connectivity index is 1.45. The number of nitrogens with one attached hydrogen (secondary N) is 1. The fourth-order valence-electron chi connectivity index (χ4n) is 3.89. The van der Waals surface area contributed by atoms with Crippen LogP contribution in [-0.4, -0.2) is 59.2 Å². The zero-order valence-electron chi connectivity index (χ0n) is 18.3.